The number of nitrogens with two attached hydrogens (primary N) is 2. The van der Waals surface area contributed by atoms with Gasteiger partial charge in [0.1, 0.15) is 11.0 Å². The highest BCUT2D eigenvalue weighted by Gasteiger charge is 2.20. The number of nitrogens with zero attached hydrogens (tertiary/aromatic N) is 8. The number of carbonyl (C=O) groups excluding carboxylic acids is 1. The molecule has 4 aromatic carbocycles. The number of rotatable bonds is 8. The molecular weight excluding hydrogens is 869 g/mol. The van der Waals surface area contributed by atoms with Crippen LogP contribution in [0.25, 0.3) is 33.8 Å². The molecule has 0 unspecified atom stereocenters. The molecule has 2 amide bonds. The van der Waals surface area contributed by atoms with Crippen molar-refractivity contribution >= 4 is 63.4 Å². The van der Waals surface area contributed by atoms with Gasteiger partial charge in [0.15, 0.2) is 23.3 Å². The van der Waals surface area contributed by atoms with E-state index in [-0.39, 0.29) is 26.0 Å². The van der Waals surface area contributed by atoms with E-state index in [9.17, 15) is 14.4 Å². The number of ether oxygens (including phenoxy) is 2. The third-order valence-electron chi connectivity index (χ3n) is 10.5. The van der Waals surface area contributed by atoms with E-state index in [1.165, 1.54) is 36.4 Å². The third-order valence-corrected chi connectivity index (χ3v) is 10.5. The fraction of sp³-hybridized carbons (Fsp3) is 0.204. The second-order valence-corrected chi connectivity index (χ2v) is 15.0. The molecule has 0 spiro atoms. The normalized spacial score (nSPS) is 13.1. The molecule has 10 rings (SSSR count). The zero-order valence-electron chi connectivity index (χ0n) is 35.5. The van der Waals surface area contributed by atoms with Crippen molar-refractivity contribution in [2.45, 2.75) is 14.9 Å². The van der Waals surface area contributed by atoms with Gasteiger partial charge in [0.25, 0.3) is 0 Å². The van der Waals surface area contributed by atoms with Gasteiger partial charge in [0.2, 0.25) is 0 Å². The molecule has 68 heavy (non-hydrogen) atoms. The summed E-state index contributed by atoms with van der Waals surface area (Å²) in [7, 11) is 0. The lowest BCUT2D eigenvalue weighted by atomic mass is 10.2. The summed E-state index contributed by atoms with van der Waals surface area (Å²) in [5, 5.41) is 32.1. The minimum absolute atomic E-state index is 0. The van der Waals surface area contributed by atoms with E-state index >= 15 is 0 Å². The Morgan fingerprint density at radius 3 is 1.26 bits per heavy atom. The first-order valence-electron chi connectivity index (χ1n) is 20.9. The minimum Gasteiger partial charge on any atom is -0.478 e. The number of morpholine rings is 2. The molecule has 0 atom stereocenters. The average Bonchev–Trinajstić information content (AvgIpc) is 4.03. The van der Waals surface area contributed by atoms with Gasteiger partial charge in [-0.2, -0.15) is 0 Å². The van der Waals surface area contributed by atoms with Crippen LogP contribution >= 0.6 is 0 Å². The van der Waals surface area contributed by atoms with Gasteiger partial charge >= 0.3 is 18.0 Å². The summed E-state index contributed by atoms with van der Waals surface area (Å²) in [4.78, 5) is 47.6. The monoisotopic (exact) mass is 922 g/mol. The maximum atomic E-state index is 12.3. The summed E-state index contributed by atoms with van der Waals surface area (Å²) in [6.07, 6.45) is 3.84. The molecule has 19 nitrogen and oxygen atoms in total. The Hall–Kier alpha value is -8.55. The van der Waals surface area contributed by atoms with E-state index in [0.717, 1.165) is 78.9 Å². The zero-order valence-corrected chi connectivity index (χ0v) is 35.5. The van der Waals surface area contributed by atoms with Crippen LogP contribution in [0.15, 0.2) is 134 Å². The Morgan fingerprint density at radius 1 is 0.515 bits per heavy atom. The van der Waals surface area contributed by atoms with Gasteiger partial charge in [-0.15, -0.1) is 10.2 Å². The number of amides is 2. The van der Waals surface area contributed by atoms with Crippen LogP contribution in [0.1, 0.15) is 35.6 Å². The summed E-state index contributed by atoms with van der Waals surface area (Å²) in [5.41, 5.74) is 17.6. The lowest BCUT2D eigenvalue weighted by molar-refractivity contribution is 0.0686. The van der Waals surface area contributed by atoms with Gasteiger partial charge in [-0.1, -0.05) is 14.9 Å². The Kier molecular flexibility index (Phi) is 16.2. The molecule has 4 aromatic heterocycles. The summed E-state index contributed by atoms with van der Waals surface area (Å²) >= 11 is 0. The average molecular weight is 923 g/mol. The number of nitrogens with one attached hydrogen (secondary N) is 2. The van der Waals surface area contributed by atoms with Gasteiger partial charge < -0.3 is 51.6 Å². The molecule has 8 aromatic rings. The van der Waals surface area contributed by atoms with Crippen LogP contribution in [0.3, 0.4) is 0 Å². The maximum Gasteiger partial charge on any atom is 0.335 e. The highest BCUT2D eigenvalue weighted by Crippen LogP contribution is 2.27. The van der Waals surface area contributed by atoms with E-state index in [1.54, 1.807) is 24.3 Å². The fourth-order valence-corrected chi connectivity index (χ4v) is 7.05. The largest absolute Gasteiger partial charge is 0.478 e. The first-order valence-corrected chi connectivity index (χ1v) is 20.9. The lowest BCUT2D eigenvalue weighted by Gasteiger charge is -2.28. The van der Waals surface area contributed by atoms with Crippen molar-refractivity contribution in [3.63, 3.8) is 0 Å². The van der Waals surface area contributed by atoms with Crippen LogP contribution in [0.2, 0.25) is 0 Å². The zero-order chi connectivity index (χ0) is 46.0. The molecule has 6 heterocycles. The SMILES string of the molecule is C.C.Nc1ccc(-c2nc(N3CCOCC3)c3cccn3n2)cc1.Nc1ccc(C(=O)O)cc1.O=C(Nc1ccc(C(=O)O)cc1)Nc1ccc(-c2nc(N3CCOCC3)c3cccn3n2)cc1. The van der Waals surface area contributed by atoms with Crippen molar-refractivity contribution in [2.24, 2.45) is 0 Å². The van der Waals surface area contributed by atoms with Crippen molar-refractivity contribution in [3.8, 4) is 22.8 Å². The molecule has 2 saturated heterocycles. The van der Waals surface area contributed by atoms with Crippen molar-refractivity contribution < 1.29 is 34.1 Å². The summed E-state index contributed by atoms with van der Waals surface area (Å²) in [5.74, 6) is 1.15. The first kappa shape index (κ1) is 48.9. The van der Waals surface area contributed by atoms with Crippen molar-refractivity contribution in [1.82, 2.24) is 29.2 Å². The number of carboxylic acids is 2. The highest BCUT2D eigenvalue weighted by atomic mass is 16.5. The summed E-state index contributed by atoms with van der Waals surface area (Å²) < 4.78 is 14.6. The van der Waals surface area contributed by atoms with Crippen LogP contribution in [0.4, 0.5) is 39.2 Å². The molecular formula is C49H54N12O7. The predicted molar refractivity (Wildman–Crippen MR) is 265 cm³/mol. The lowest BCUT2D eigenvalue weighted by Crippen LogP contribution is -2.37. The number of aromatic carboxylic acids is 2. The van der Waals surface area contributed by atoms with Crippen molar-refractivity contribution in [2.75, 3.05) is 84.5 Å². The Bertz CT molecular complexity index is 2930. The van der Waals surface area contributed by atoms with Gasteiger partial charge in [0.05, 0.1) is 37.6 Å². The predicted octanol–water partition coefficient (Wildman–Crippen LogP) is 7.63. The number of fused-ring (bicyclic) bond motifs is 2. The van der Waals surface area contributed by atoms with E-state index < -0.39 is 18.0 Å². The molecule has 0 aliphatic carbocycles. The first-order chi connectivity index (χ1) is 32.1. The van der Waals surface area contributed by atoms with Crippen LogP contribution in [0, 0.1) is 0 Å². The minimum atomic E-state index is -1.02. The molecule has 2 fully saturated rings. The number of hydrogen-bond donors (Lipinski definition) is 6. The summed E-state index contributed by atoms with van der Waals surface area (Å²) in [6, 6.07) is 34.4. The quantitative estimate of drug-likeness (QED) is 0.0802. The van der Waals surface area contributed by atoms with Gasteiger partial charge in [0, 0.05) is 72.4 Å². The molecule has 352 valence electrons. The van der Waals surface area contributed by atoms with E-state index in [4.69, 9.17) is 41.1 Å². The molecule has 2 aliphatic rings. The Balaban J connectivity index is 0.000000191. The van der Waals surface area contributed by atoms with Crippen molar-refractivity contribution in [3.05, 3.63) is 145 Å². The second-order valence-electron chi connectivity index (χ2n) is 15.0. The molecule has 2 aliphatic heterocycles. The van der Waals surface area contributed by atoms with Crippen LogP contribution in [-0.2, 0) is 9.47 Å². The van der Waals surface area contributed by atoms with Gasteiger partial charge in [-0.3, -0.25) is 0 Å². The number of anilines is 6. The number of carbonyl (C=O) groups is 3. The summed E-state index contributed by atoms with van der Waals surface area (Å²) in [6.45, 7) is 6.03. The molecule has 0 bridgehead atoms. The van der Waals surface area contributed by atoms with Crippen molar-refractivity contribution in [1.29, 1.82) is 0 Å². The number of aromatic nitrogens is 6. The topological polar surface area (TPSA) is 253 Å². The van der Waals surface area contributed by atoms with E-state index in [1.807, 2.05) is 82.1 Å². The third kappa shape index (κ3) is 12.0. The highest BCUT2D eigenvalue weighted by molar-refractivity contribution is 6.00. The maximum absolute atomic E-state index is 12.3. The van der Waals surface area contributed by atoms with E-state index in [0.29, 0.717) is 41.9 Å². The molecule has 0 radical (unpaired) electrons. The number of carboxylic acid groups (broad SMARTS) is 2. The molecule has 19 heteroatoms. The van der Waals surface area contributed by atoms with Crippen LogP contribution < -0.4 is 31.9 Å². The van der Waals surface area contributed by atoms with Crippen LogP contribution in [-0.4, -0.2) is 110 Å². The smallest absolute Gasteiger partial charge is 0.335 e. The van der Waals surface area contributed by atoms with E-state index in [2.05, 4.69) is 30.6 Å². The number of benzene rings is 4. The van der Waals surface area contributed by atoms with Gasteiger partial charge in [-0.05, 0) is 121 Å². The molecule has 8 N–H and O–H groups in total. The molecule has 0 saturated carbocycles. The number of urea groups is 1. The Morgan fingerprint density at radius 2 is 0.868 bits per heavy atom. The van der Waals surface area contributed by atoms with Gasteiger partial charge in [-0.25, -0.2) is 33.4 Å². The standard InChI is InChI=1S/C24H22N6O4.C16H17N5O.C7H7NO2.2CH4/c31-23(32)17-5-9-19(10-6-17)26-24(33)25-18-7-3-16(4-8-18)21-27-22(29-12-14-34-15-13-29)20-2-1-11-30(20)28-21;17-13-5-3-12(4-6-13)15-18-16(20-8-10-22-11-9-20)14-2-1-7-21(14)19-15;8-6-3-1-5(2-4-6)7(9)10;;/h1-11H,12-15H2,(H,31,32)(H2,25,26,33);1-7H,8-11,17H2;1-4H,8H2,(H,9,10);2*1H4. The second kappa shape index (κ2) is 22.6. The fourth-order valence-electron chi connectivity index (χ4n) is 7.05. The Labute approximate surface area is 392 Å². The number of hydrogen-bond acceptors (Lipinski definition) is 13. The number of nitrogen functional groups attached to an aromatic ring is 2. The van der Waals surface area contributed by atoms with Crippen LogP contribution in [0.5, 0.6) is 0 Å².